The van der Waals surface area contributed by atoms with E-state index >= 15 is 0 Å². The molecule has 0 bridgehead atoms. The Balaban J connectivity index is 2.46. The van der Waals surface area contributed by atoms with Crippen LogP contribution in [0.1, 0.15) is 5.56 Å². The molecule has 1 N–H and O–H groups in total. The average Bonchev–Trinajstić information content (AvgIpc) is 2.52. The van der Waals surface area contributed by atoms with Gasteiger partial charge in [0, 0.05) is 5.56 Å². The van der Waals surface area contributed by atoms with E-state index in [1.54, 1.807) is 6.20 Å². The van der Waals surface area contributed by atoms with Crippen molar-refractivity contribution in [3.8, 4) is 11.4 Å². The average molecular weight is 193 g/mol. The van der Waals surface area contributed by atoms with Crippen molar-refractivity contribution in [1.82, 2.24) is 9.97 Å². The van der Waals surface area contributed by atoms with E-state index < -0.39 is 0 Å². The zero-order valence-electron chi connectivity index (χ0n) is 7.21. The highest BCUT2D eigenvalue weighted by Crippen LogP contribution is 2.18. The number of nitrogens with zero attached hydrogens (tertiary/aromatic N) is 1. The maximum absolute atomic E-state index is 5.73. The molecular weight excluding hydrogens is 184 g/mol. The van der Waals surface area contributed by atoms with Crippen LogP contribution in [0.25, 0.3) is 11.4 Å². The van der Waals surface area contributed by atoms with E-state index in [0.29, 0.717) is 5.15 Å². The molecule has 0 radical (unpaired) electrons. The Kier molecular flexibility index (Phi) is 2.07. The largest absolute Gasteiger partial charge is 0.329 e. The molecule has 3 heteroatoms. The summed E-state index contributed by atoms with van der Waals surface area (Å²) in [6, 6.07) is 8.12. The summed E-state index contributed by atoms with van der Waals surface area (Å²) in [7, 11) is 0. The zero-order chi connectivity index (χ0) is 9.26. The number of aromatic amines is 1. The van der Waals surface area contributed by atoms with Crippen LogP contribution in [-0.4, -0.2) is 9.97 Å². The Morgan fingerprint density at radius 2 is 2.23 bits per heavy atom. The summed E-state index contributed by atoms with van der Waals surface area (Å²) in [5.74, 6) is 0.814. The molecule has 1 heterocycles. The Morgan fingerprint density at radius 1 is 1.38 bits per heavy atom. The first kappa shape index (κ1) is 8.32. The van der Waals surface area contributed by atoms with E-state index in [2.05, 4.69) is 16.0 Å². The first-order valence-corrected chi connectivity index (χ1v) is 4.41. The maximum Gasteiger partial charge on any atom is 0.138 e. The van der Waals surface area contributed by atoms with E-state index in [1.165, 1.54) is 5.56 Å². The van der Waals surface area contributed by atoms with Gasteiger partial charge in [0.05, 0.1) is 6.20 Å². The molecule has 0 aliphatic carbocycles. The summed E-state index contributed by atoms with van der Waals surface area (Å²) in [6.07, 6.45) is 1.61. The minimum atomic E-state index is 0.566. The smallest absolute Gasteiger partial charge is 0.138 e. The van der Waals surface area contributed by atoms with Crippen molar-refractivity contribution in [2.45, 2.75) is 6.92 Å². The van der Waals surface area contributed by atoms with Crippen LogP contribution in [-0.2, 0) is 0 Å². The predicted octanol–water partition coefficient (Wildman–Crippen LogP) is 3.04. The zero-order valence-corrected chi connectivity index (χ0v) is 7.97. The molecule has 0 saturated carbocycles. The van der Waals surface area contributed by atoms with Gasteiger partial charge in [-0.3, -0.25) is 0 Å². The number of hydrogen-bond acceptors (Lipinski definition) is 1. The lowest BCUT2D eigenvalue weighted by atomic mass is 10.1. The van der Waals surface area contributed by atoms with Gasteiger partial charge in [-0.05, 0) is 13.0 Å². The van der Waals surface area contributed by atoms with Crippen molar-refractivity contribution in [2.24, 2.45) is 0 Å². The maximum atomic E-state index is 5.73. The van der Waals surface area contributed by atoms with Gasteiger partial charge in [0.25, 0.3) is 0 Å². The molecule has 0 unspecified atom stereocenters. The molecule has 66 valence electrons. The van der Waals surface area contributed by atoms with Gasteiger partial charge >= 0.3 is 0 Å². The standard InChI is InChI=1S/C10H9ClN2/c1-7-3-2-4-8(5-7)10-12-6-9(11)13-10/h2-6H,1H3,(H,12,13). The fraction of sp³-hybridized carbons (Fsp3) is 0.100. The molecule has 2 aromatic rings. The highest BCUT2D eigenvalue weighted by molar-refractivity contribution is 6.29. The summed E-state index contributed by atoms with van der Waals surface area (Å²) >= 11 is 5.73. The van der Waals surface area contributed by atoms with Gasteiger partial charge in [-0.15, -0.1) is 0 Å². The van der Waals surface area contributed by atoms with Crippen LogP contribution in [0.5, 0.6) is 0 Å². The van der Waals surface area contributed by atoms with Gasteiger partial charge in [0.15, 0.2) is 0 Å². The first-order chi connectivity index (χ1) is 6.25. The molecular formula is C10H9ClN2. The fourth-order valence-electron chi connectivity index (χ4n) is 1.24. The van der Waals surface area contributed by atoms with Crippen molar-refractivity contribution < 1.29 is 0 Å². The first-order valence-electron chi connectivity index (χ1n) is 4.03. The summed E-state index contributed by atoms with van der Waals surface area (Å²) < 4.78 is 0. The third kappa shape index (κ3) is 1.73. The van der Waals surface area contributed by atoms with Crippen molar-refractivity contribution in [1.29, 1.82) is 0 Å². The minimum Gasteiger partial charge on any atom is -0.329 e. The Morgan fingerprint density at radius 3 is 2.85 bits per heavy atom. The van der Waals surface area contributed by atoms with Crippen molar-refractivity contribution in [2.75, 3.05) is 0 Å². The summed E-state index contributed by atoms with van der Waals surface area (Å²) in [5.41, 5.74) is 2.27. The van der Waals surface area contributed by atoms with E-state index in [-0.39, 0.29) is 0 Å². The Hall–Kier alpha value is -1.28. The van der Waals surface area contributed by atoms with Crippen LogP contribution in [0.15, 0.2) is 30.5 Å². The fourth-order valence-corrected chi connectivity index (χ4v) is 1.38. The van der Waals surface area contributed by atoms with Gasteiger partial charge in [-0.2, -0.15) is 0 Å². The topological polar surface area (TPSA) is 28.7 Å². The molecule has 1 aromatic carbocycles. The predicted molar refractivity (Wildman–Crippen MR) is 53.8 cm³/mol. The molecule has 2 nitrogen and oxygen atoms in total. The highest BCUT2D eigenvalue weighted by Gasteiger charge is 2.00. The molecule has 1 aromatic heterocycles. The number of benzene rings is 1. The van der Waals surface area contributed by atoms with Crippen molar-refractivity contribution >= 4 is 11.6 Å². The summed E-state index contributed by atoms with van der Waals surface area (Å²) in [6.45, 7) is 2.05. The molecule has 0 aliphatic heterocycles. The molecule has 0 amide bonds. The quantitative estimate of drug-likeness (QED) is 0.739. The van der Waals surface area contributed by atoms with Crippen LogP contribution in [0.2, 0.25) is 5.15 Å². The molecule has 0 aliphatic rings. The van der Waals surface area contributed by atoms with Gasteiger partial charge in [0.2, 0.25) is 0 Å². The normalized spacial score (nSPS) is 10.3. The monoisotopic (exact) mass is 192 g/mol. The number of H-pyrrole nitrogens is 1. The van der Waals surface area contributed by atoms with Gasteiger partial charge in [-0.25, -0.2) is 4.98 Å². The van der Waals surface area contributed by atoms with E-state index in [4.69, 9.17) is 11.6 Å². The molecule has 13 heavy (non-hydrogen) atoms. The third-order valence-electron chi connectivity index (χ3n) is 1.84. The van der Waals surface area contributed by atoms with Crippen LogP contribution < -0.4 is 0 Å². The second-order valence-corrected chi connectivity index (χ2v) is 3.36. The van der Waals surface area contributed by atoms with E-state index in [0.717, 1.165) is 11.4 Å². The lowest BCUT2D eigenvalue weighted by Crippen LogP contribution is -1.80. The van der Waals surface area contributed by atoms with E-state index in [1.807, 2.05) is 25.1 Å². The second kappa shape index (κ2) is 3.23. The molecule has 0 spiro atoms. The Labute approximate surface area is 81.6 Å². The lowest BCUT2D eigenvalue weighted by Gasteiger charge is -1.97. The van der Waals surface area contributed by atoms with Crippen LogP contribution in [0.4, 0.5) is 0 Å². The van der Waals surface area contributed by atoms with E-state index in [9.17, 15) is 0 Å². The number of aryl methyl sites for hydroxylation is 1. The number of imidazole rings is 1. The molecule has 0 fully saturated rings. The summed E-state index contributed by atoms with van der Waals surface area (Å²) in [4.78, 5) is 7.11. The minimum absolute atomic E-state index is 0.566. The number of nitrogens with one attached hydrogen (secondary N) is 1. The molecule has 0 atom stereocenters. The van der Waals surface area contributed by atoms with Crippen molar-refractivity contribution in [3.63, 3.8) is 0 Å². The number of rotatable bonds is 1. The summed E-state index contributed by atoms with van der Waals surface area (Å²) in [5, 5.41) is 0.566. The molecule has 0 saturated heterocycles. The van der Waals surface area contributed by atoms with Crippen LogP contribution in [0, 0.1) is 6.92 Å². The highest BCUT2D eigenvalue weighted by atomic mass is 35.5. The lowest BCUT2D eigenvalue weighted by molar-refractivity contribution is 1.30. The van der Waals surface area contributed by atoms with Crippen LogP contribution >= 0.6 is 11.6 Å². The van der Waals surface area contributed by atoms with Gasteiger partial charge in [0.1, 0.15) is 11.0 Å². The number of halogens is 1. The number of hydrogen-bond donors (Lipinski definition) is 1. The number of aromatic nitrogens is 2. The van der Waals surface area contributed by atoms with Gasteiger partial charge in [-0.1, -0.05) is 35.4 Å². The molecule has 2 rings (SSSR count). The van der Waals surface area contributed by atoms with Gasteiger partial charge < -0.3 is 4.98 Å². The second-order valence-electron chi connectivity index (χ2n) is 2.95. The van der Waals surface area contributed by atoms with Crippen molar-refractivity contribution in [3.05, 3.63) is 41.2 Å². The Bertz CT molecular complexity index is 420. The van der Waals surface area contributed by atoms with Crippen LogP contribution in [0.3, 0.4) is 0 Å². The third-order valence-corrected chi connectivity index (χ3v) is 2.03. The SMILES string of the molecule is Cc1cccc(-c2ncc(Cl)[nH]2)c1.